The van der Waals surface area contributed by atoms with Gasteiger partial charge in [-0.15, -0.1) is 11.3 Å². The molecule has 1 N–H and O–H groups in total. The minimum Gasteiger partial charge on any atom is -0.507 e. The average Bonchev–Trinajstić information content (AvgIpc) is 3.04. The Balaban J connectivity index is 1.90. The molecule has 0 saturated carbocycles. The Kier molecular flexibility index (Phi) is 3.05. The lowest BCUT2D eigenvalue weighted by molar-refractivity contribution is 0.418. The van der Waals surface area contributed by atoms with Gasteiger partial charge in [-0.05, 0) is 30.5 Å². The van der Waals surface area contributed by atoms with Crippen LogP contribution in [0.4, 0.5) is 0 Å². The third-order valence-electron chi connectivity index (χ3n) is 2.76. The van der Waals surface area contributed by atoms with Crippen molar-refractivity contribution in [1.29, 1.82) is 0 Å². The molecule has 19 heavy (non-hydrogen) atoms. The minimum absolute atomic E-state index is 0.150. The van der Waals surface area contributed by atoms with E-state index in [0.29, 0.717) is 23.7 Å². The van der Waals surface area contributed by atoms with E-state index in [1.54, 1.807) is 17.4 Å². The Morgan fingerprint density at radius 3 is 3.00 bits per heavy atom. The third kappa shape index (κ3) is 2.51. The van der Waals surface area contributed by atoms with Gasteiger partial charge in [0, 0.05) is 11.3 Å². The average molecular weight is 272 g/mol. The number of nitrogens with zero attached hydrogens (tertiary/aromatic N) is 2. The van der Waals surface area contributed by atoms with E-state index >= 15 is 0 Å². The van der Waals surface area contributed by atoms with Crippen LogP contribution in [0.1, 0.15) is 16.3 Å². The number of thiophene rings is 1. The van der Waals surface area contributed by atoms with Crippen molar-refractivity contribution < 1.29 is 9.63 Å². The summed E-state index contributed by atoms with van der Waals surface area (Å²) in [5.41, 5.74) is 1.61. The van der Waals surface area contributed by atoms with E-state index < -0.39 is 0 Å². The van der Waals surface area contributed by atoms with Crippen molar-refractivity contribution in [3.8, 4) is 17.2 Å². The number of benzene rings is 1. The van der Waals surface area contributed by atoms with E-state index in [9.17, 15) is 5.11 Å². The number of rotatable bonds is 3. The molecule has 5 heteroatoms. The molecular weight excluding hydrogens is 260 g/mol. The third-order valence-corrected chi connectivity index (χ3v) is 3.64. The van der Waals surface area contributed by atoms with Gasteiger partial charge in [-0.3, -0.25) is 0 Å². The van der Waals surface area contributed by atoms with Crippen molar-refractivity contribution in [3.05, 3.63) is 52.0 Å². The van der Waals surface area contributed by atoms with Crippen LogP contribution in [-0.2, 0) is 6.42 Å². The van der Waals surface area contributed by atoms with Gasteiger partial charge in [-0.25, -0.2) is 0 Å². The number of phenols is 1. The molecule has 0 bridgehead atoms. The van der Waals surface area contributed by atoms with Gasteiger partial charge in [0.05, 0.1) is 5.56 Å². The van der Waals surface area contributed by atoms with E-state index in [2.05, 4.69) is 10.1 Å². The first-order valence-corrected chi connectivity index (χ1v) is 6.75. The van der Waals surface area contributed by atoms with Crippen LogP contribution >= 0.6 is 11.3 Å². The molecule has 0 unspecified atom stereocenters. The zero-order valence-corrected chi connectivity index (χ0v) is 11.1. The van der Waals surface area contributed by atoms with Crippen LogP contribution in [0.5, 0.6) is 5.75 Å². The van der Waals surface area contributed by atoms with E-state index in [0.717, 1.165) is 5.56 Å². The summed E-state index contributed by atoms with van der Waals surface area (Å²) in [4.78, 5) is 5.51. The summed E-state index contributed by atoms with van der Waals surface area (Å²) in [5, 5.41) is 15.8. The maximum atomic E-state index is 9.83. The molecule has 0 spiro atoms. The number of aryl methyl sites for hydroxylation is 1. The lowest BCUT2D eigenvalue weighted by Crippen LogP contribution is -1.87. The van der Waals surface area contributed by atoms with Crippen molar-refractivity contribution in [1.82, 2.24) is 10.1 Å². The van der Waals surface area contributed by atoms with Crippen molar-refractivity contribution in [2.24, 2.45) is 0 Å². The predicted molar refractivity (Wildman–Crippen MR) is 73.3 cm³/mol. The number of phenolic OH excluding ortho intramolecular Hbond substituents is 1. The molecule has 2 aromatic heterocycles. The zero-order valence-electron chi connectivity index (χ0n) is 10.3. The SMILES string of the molecule is Cc1ccc(O)c(-c2nc(Cc3cccs3)no2)c1. The summed E-state index contributed by atoms with van der Waals surface area (Å²) in [6.45, 7) is 1.95. The van der Waals surface area contributed by atoms with E-state index in [-0.39, 0.29) is 5.75 Å². The molecule has 0 amide bonds. The largest absolute Gasteiger partial charge is 0.507 e. The Bertz CT molecular complexity index is 689. The molecule has 0 atom stereocenters. The lowest BCUT2D eigenvalue weighted by atomic mass is 10.1. The molecule has 0 fully saturated rings. The first-order chi connectivity index (χ1) is 9.22. The quantitative estimate of drug-likeness (QED) is 0.793. The predicted octanol–water partition coefficient (Wildman–Crippen LogP) is 3.40. The Morgan fingerprint density at radius 2 is 2.21 bits per heavy atom. The highest BCUT2D eigenvalue weighted by Crippen LogP contribution is 2.28. The summed E-state index contributed by atoms with van der Waals surface area (Å²) in [6.07, 6.45) is 0.647. The summed E-state index contributed by atoms with van der Waals surface area (Å²) in [5.74, 6) is 1.13. The molecule has 0 radical (unpaired) electrons. The van der Waals surface area contributed by atoms with Crippen LogP contribution < -0.4 is 0 Å². The first-order valence-electron chi connectivity index (χ1n) is 5.87. The van der Waals surface area contributed by atoms with Gasteiger partial charge in [-0.1, -0.05) is 22.9 Å². The van der Waals surface area contributed by atoms with Crippen molar-refractivity contribution in [2.75, 3.05) is 0 Å². The molecule has 96 valence electrons. The van der Waals surface area contributed by atoms with Gasteiger partial charge in [0.15, 0.2) is 5.82 Å². The number of hydrogen-bond acceptors (Lipinski definition) is 5. The topological polar surface area (TPSA) is 59.2 Å². The molecule has 2 heterocycles. The van der Waals surface area contributed by atoms with Gasteiger partial charge < -0.3 is 9.63 Å². The van der Waals surface area contributed by atoms with Crippen LogP contribution in [0, 0.1) is 6.92 Å². The monoisotopic (exact) mass is 272 g/mol. The minimum atomic E-state index is 0.150. The van der Waals surface area contributed by atoms with E-state index in [4.69, 9.17) is 4.52 Å². The van der Waals surface area contributed by atoms with Crippen LogP contribution in [0.3, 0.4) is 0 Å². The van der Waals surface area contributed by atoms with Gasteiger partial charge in [0.25, 0.3) is 5.89 Å². The van der Waals surface area contributed by atoms with Crippen molar-refractivity contribution >= 4 is 11.3 Å². The molecular formula is C14H12N2O2S. The van der Waals surface area contributed by atoms with Crippen LogP contribution in [0.2, 0.25) is 0 Å². The normalized spacial score (nSPS) is 10.8. The fourth-order valence-electron chi connectivity index (χ4n) is 1.83. The number of aromatic nitrogens is 2. The number of aromatic hydroxyl groups is 1. The first kappa shape index (κ1) is 11.9. The molecule has 0 aliphatic heterocycles. The molecule has 1 aromatic carbocycles. The highest BCUT2D eigenvalue weighted by molar-refractivity contribution is 7.09. The van der Waals surface area contributed by atoms with Crippen molar-refractivity contribution in [3.63, 3.8) is 0 Å². The molecule has 0 aliphatic rings. The summed E-state index contributed by atoms with van der Waals surface area (Å²) >= 11 is 1.66. The Morgan fingerprint density at radius 1 is 1.32 bits per heavy atom. The second-order valence-electron chi connectivity index (χ2n) is 4.29. The van der Waals surface area contributed by atoms with Gasteiger partial charge in [0.1, 0.15) is 5.75 Å². The van der Waals surface area contributed by atoms with E-state index in [1.165, 1.54) is 4.88 Å². The fourth-order valence-corrected chi connectivity index (χ4v) is 2.53. The Hall–Kier alpha value is -2.14. The zero-order chi connectivity index (χ0) is 13.2. The second kappa shape index (κ2) is 4.85. The number of hydrogen-bond donors (Lipinski definition) is 1. The molecule has 3 rings (SSSR count). The maximum Gasteiger partial charge on any atom is 0.261 e. The van der Waals surface area contributed by atoms with Crippen LogP contribution in [-0.4, -0.2) is 15.2 Å². The van der Waals surface area contributed by atoms with Crippen molar-refractivity contribution in [2.45, 2.75) is 13.3 Å². The molecule has 0 aliphatic carbocycles. The fraction of sp³-hybridized carbons (Fsp3) is 0.143. The van der Waals surface area contributed by atoms with E-state index in [1.807, 2.05) is 36.6 Å². The molecule has 0 saturated heterocycles. The smallest absolute Gasteiger partial charge is 0.261 e. The molecule has 4 nitrogen and oxygen atoms in total. The standard InChI is InChI=1S/C14H12N2O2S/c1-9-4-5-12(17)11(7-9)14-15-13(16-18-14)8-10-3-2-6-19-10/h2-7,17H,8H2,1H3. The highest BCUT2D eigenvalue weighted by atomic mass is 32.1. The van der Waals surface area contributed by atoms with Crippen LogP contribution in [0.25, 0.3) is 11.5 Å². The summed E-state index contributed by atoms with van der Waals surface area (Å²) in [7, 11) is 0. The van der Waals surface area contributed by atoms with Crippen LogP contribution in [0.15, 0.2) is 40.2 Å². The molecule has 3 aromatic rings. The highest BCUT2D eigenvalue weighted by Gasteiger charge is 2.13. The lowest BCUT2D eigenvalue weighted by Gasteiger charge is -1.99. The maximum absolute atomic E-state index is 9.83. The van der Waals surface area contributed by atoms with Gasteiger partial charge in [-0.2, -0.15) is 4.98 Å². The second-order valence-corrected chi connectivity index (χ2v) is 5.32. The van der Waals surface area contributed by atoms with Gasteiger partial charge >= 0.3 is 0 Å². The Labute approximate surface area is 114 Å². The van der Waals surface area contributed by atoms with Gasteiger partial charge in [0.2, 0.25) is 0 Å². The summed E-state index contributed by atoms with van der Waals surface area (Å²) < 4.78 is 5.22. The summed E-state index contributed by atoms with van der Waals surface area (Å²) in [6, 6.07) is 9.32.